The maximum absolute atomic E-state index is 15.8. The molecule has 0 saturated carbocycles. The molecule has 0 radical (unpaired) electrons. The zero-order valence-electron chi connectivity index (χ0n) is 24.7. The van der Waals surface area contributed by atoms with E-state index in [0.717, 1.165) is 16.9 Å². The van der Waals surface area contributed by atoms with Crippen LogP contribution in [0.25, 0.3) is 0 Å². The molecular weight excluding hydrogens is 535 g/mol. The molecule has 8 nitrogen and oxygen atoms in total. The summed E-state index contributed by atoms with van der Waals surface area (Å²) in [6, 6.07) is 19.5. The minimum Gasteiger partial charge on any atom is -0.497 e. The number of hydrogen-bond acceptors (Lipinski definition) is 6. The second-order valence-corrected chi connectivity index (χ2v) is 11.1. The SMILES string of the molecule is CCNc1cc(C(=O)NC(Cc2ccccc2)C(O)CNC(C)(C)c2cccc(OC)c2)c(F)c(N2CCCC2=O)c1. The Morgan fingerprint density at radius 1 is 1.12 bits per heavy atom. The molecular formula is C33H41FN4O4. The summed E-state index contributed by atoms with van der Waals surface area (Å²) >= 11 is 0. The number of anilines is 2. The van der Waals surface area contributed by atoms with Crippen molar-refractivity contribution in [2.45, 2.75) is 57.7 Å². The third-order valence-corrected chi connectivity index (χ3v) is 7.67. The van der Waals surface area contributed by atoms with E-state index in [9.17, 15) is 14.7 Å². The standard InChI is InChI=1S/C33H41FN4O4/c1-5-35-24-19-26(31(34)28(20-24)38-16-10-15-30(38)40)32(41)37-27(17-22-11-7-6-8-12-22)29(39)21-36-33(2,3)23-13-9-14-25(18-23)42-4/h6-9,11-14,18-20,27,29,35-36,39H,5,10,15-17,21H2,1-4H3,(H,37,41). The normalized spacial score (nSPS) is 14.9. The fourth-order valence-electron chi connectivity index (χ4n) is 5.19. The van der Waals surface area contributed by atoms with Gasteiger partial charge in [-0.2, -0.15) is 0 Å². The number of carbonyl (C=O) groups excluding carboxylic acids is 2. The van der Waals surface area contributed by atoms with Crippen molar-refractivity contribution >= 4 is 23.2 Å². The number of rotatable bonds is 13. The van der Waals surface area contributed by atoms with Crippen molar-refractivity contribution in [1.29, 1.82) is 0 Å². The Kier molecular flexibility index (Phi) is 10.2. The third kappa shape index (κ3) is 7.46. The molecule has 0 bridgehead atoms. The van der Waals surface area contributed by atoms with E-state index >= 15 is 4.39 Å². The van der Waals surface area contributed by atoms with E-state index in [1.54, 1.807) is 13.2 Å². The number of ether oxygens (including phenoxy) is 1. The molecule has 0 spiro atoms. The summed E-state index contributed by atoms with van der Waals surface area (Å²) in [5.74, 6) is -0.855. The van der Waals surface area contributed by atoms with Gasteiger partial charge in [0.25, 0.3) is 5.91 Å². The van der Waals surface area contributed by atoms with Crippen molar-refractivity contribution < 1.29 is 23.8 Å². The molecule has 1 aliphatic heterocycles. The van der Waals surface area contributed by atoms with Gasteiger partial charge in [-0.3, -0.25) is 9.59 Å². The van der Waals surface area contributed by atoms with Gasteiger partial charge >= 0.3 is 0 Å². The first-order valence-electron chi connectivity index (χ1n) is 14.4. The van der Waals surface area contributed by atoms with Crippen LogP contribution in [0.2, 0.25) is 0 Å². The summed E-state index contributed by atoms with van der Waals surface area (Å²) in [6.07, 6.45) is 0.312. The first-order valence-corrected chi connectivity index (χ1v) is 14.4. The lowest BCUT2D eigenvalue weighted by atomic mass is 9.93. The van der Waals surface area contributed by atoms with Crippen LogP contribution in [0.1, 0.15) is 55.1 Å². The highest BCUT2D eigenvalue weighted by Gasteiger charge is 2.30. The Morgan fingerprint density at radius 3 is 2.55 bits per heavy atom. The molecule has 4 rings (SSSR count). The number of hydrogen-bond donors (Lipinski definition) is 4. The lowest BCUT2D eigenvalue weighted by molar-refractivity contribution is -0.117. The zero-order valence-corrected chi connectivity index (χ0v) is 24.7. The number of benzene rings is 3. The van der Waals surface area contributed by atoms with E-state index in [4.69, 9.17) is 4.74 Å². The Labute approximate surface area is 247 Å². The highest BCUT2D eigenvalue weighted by molar-refractivity contribution is 6.00. The predicted molar refractivity (Wildman–Crippen MR) is 164 cm³/mol. The monoisotopic (exact) mass is 576 g/mol. The van der Waals surface area contributed by atoms with Crippen LogP contribution in [0.3, 0.4) is 0 Å². The number of amides is 2. The number of nitrogens with zero attached hydrogens (tertiary/aromatic N) is 1. The molecule has 3 aromatic rings. The second-order valence-electron chi connectivity index (χ2n) is 11.1. The average Bonchev–Trinajstić information content (AvgIpc) is 3.42. The van der Waals surface area contributed by atoms with Crippen LogP contribution >= 0.6 is 0 Å². The van der Waals surface area contributed by atoms with Crippen molar-refractivity contribution in [2.24, 2.45) is 0 Å². The third-order valence-electron chi connectivity index (χ3n) is 7.67. The molecule has 2 atom stereocenters. The molecule has 1 fully saturated rings. The highest BCUT2D eigenvalue weighted by Crippen LogP contribution is 2.31. The van der Waals surface area contributed by atoms with Crippen LogP contribution in [-0.2, 0) is 16.8 Å². The number of nitrogens with one attached hydrogen (secondary N) is 3. The molecule has 2 amide bonds. The van der Waals surface area contributed by atoms with Crippen molar-refractivity contribution in [3.63, 3.8) is 0 Å². The summed E-state index contributed by atoms with van der Waals surface area (Å²) in [6.45, 7) is 7.02. The summed E-state index contributed by atoms with van der Waals surface area (Å²) in [4.78, 5) is 27.5. The van der Waals surface area contributed by atoms with Crippen LogP contribution in [0.15, 0.2) is 66.7 Å². The summed E-state index contributed by atoms with van der Waals surface area (Å²) in [5, 5.41) is 20.8. The van der Waals surface area contributed by atoms with Gasteiger partial charge in [0.15, 0.2) is 5.82 Å². The first-order chi connectivity index (χ1) is 20.1. The minimum absolute atomic E-state index is 0.0861. The predicted octanol–water partition coefficient (Wildman–Crippen LogP) is 4.62. The van der Waals surface area contributed by atoms with Gasteiger partial charge in [-0.15, -0.1) is 0 Å². The summed E-state index contributed by atoms with van der Waals surface area (Å²) in [7, 11) is 1.61. The Balaban J connectivity index is 1.58. The summed E-state index contributed by atoms with van der Waals surface area (Å²) < 4.78 is 21.2. The van der Waals surface area contributed by atoms with Gasteiger partial charge in [0.1, 0.15) is 5.75 Å². The van der Waals surface area contributed by atoms with E-state index in [2.05, 4.69) is 16.0 Å². The molecule has 1 saturated heterocycles. The average molecular weight is 577 g/mol. The fourth-order valence-corrected chi connectivity index (χ4v) is 5.19. The van der Waals surface area contributed by atoms with Gasteiger partial charge in [0.2, 0.25) is 5.91 Å². The van der Waals surface area contributed by atoms with Crippen molar-refractivity contribution in [2.75, 3.05) is 37.0 Å². The van der Waals surface area contributed by atoms with Crippen LogP contribution < -0.4 is 25.6 Å². The lowest BCUT2D eigenvalue weighted by Crippen LogP contribution is -2.51. The molecule has 1 heterocycles. The number of halogens is 1. The molecule has 0 aliphatic carbocycles. The number of aliphatic hydroxyl groups is 1. The van der Waals surface area contributed by atoms with E-state index < -0.39 is 29.4 Å². The number of methoxy groups -OCH3 is 1. The smallest absolute Gasteiger partial charge is 0.254 e. The molecule has 2 unspecified atom stereocenters. The highest BCUT2D eigenvalue weighted by atomic mass is 19.1. The Bertz CT molecular complexity index is 1380. The van der Waals surface area contributed by atoms with E-state index in [0.29, 0.717) is 38.0 Å². The Hall–Kier alpha value is -3.95. The maximum atomic E-state index is 15.8. The first kappa shape index (κ1) is 31.0. The molecule has 224 valence electrons. The van der Waals surface area contributed by atoms with Crippen molar-refractivity contribution in [1.82, 2.24) is 10.6 Å². The van der Waals surface area contributed by atoms with Crippen LogP contribution in [0.5, 0.6) is 5.75 Å². The molecule has 1 aliphatic rings. The van der Waals surface area contributed by atoms with Gasteiger partial charge in [0, 0.05) is 37.3 Å². The minimum atomic E-state index is -1.00. The number of aliphatic hydroxyl groups excluding tert-OH is 1. The lowest BCUT2D eigenvalue weighted by Gasteiger charge is -2.31. The van der Waals surface area contributed by atoms with Gasteiger partial charge in [-0.1, -0.05) is 42.5 Å². The van der Waals surface area contributed by atoms with E-state index in [1.165, 1.54) is 11.0 Å². The van der Waals surface area contributed by atoms with Crippen LogP contribution in [-0.4, -0.2) is 55.8 Å². The van der Waals surface area contributed by atoms with Crippen molar-refractivity contribution in [3.05, 3.63) is 89.2 Å². The summed E-state index contributed by atoms with van der Waals surface area (Å²) in [5.41, 5.74) is 1.82. The van der Waals surface area contributed by atoms with Gasteiger partial charge in [0.05, 0.1) is 30.5 Å². The van der Waals surface area contributed by atoms with Crippen molar-refractivity contribution in [3.8, 4) is 5.75 Å². The van der Waals surface area contributed by atoms with Gasteiger partial charge in [-0.25, -0.2) is 4.39 Å². The molecule has 42 heavy (non-hydrogen) atoms. The van der Waals surface area contributed by atoms with E-state index in [-0.39, 0.29) is 23.7 Å². The topological polar surface area (TPSA) is 103 Å². The molecule has 0 aromatic heterocycles. The maximum Gasteiger partial charge on any atom is 0.254 e. The molecule has 4 N–H and O–H groups in total. The molecule has 9 heteroatoms. The zero-order chi connectivity index (χ0) is 30.3. The molecule has 3 aromatic carbocycles. The second kappa shape index (κ2) is 13.8. The van der Waals surface area contributed by atoms with E-state index in [1.807, 2.05) is 75.4 Å². The quantitative estimate of drug-likeness (QED) is 0.237. The van der Waals surface area contributed by atoms with Gasteiger partial charge < -0.3 is 30.7 Å². The van der Waals surface area contributed by atoms with Gasteiger partial charge in [-0.05, 0) is 69.0 Å². The van der Waals surface area contributed by atoms with Crippen LogP contribution in [0.4, 0.5) is 15.8 Å². The Morgan fingerprint density at radius 2 is 1.88 bits per heavy atom. The van der Waals surface area contributed by atoms with Crippen LogP contribution in [0, 0.1) is 5.82 Å². The number of carbonyl (C=O) groups is 2. The largest absolute Gasteiger partial charge is 0.497 e. The fraction of sp³-hybridized carbons (Fsp3) is 0.394.